The molecule has 1 aromatic carbocycles. The van der Waals surface area contributed by atoms with E-state index in [0.29, 0.717) is 30.5 Å². The molecule has 0 unspecified atom stereocenters. The lowest BCUT2D eigenvalue weighted by atomic mass is 10.2. The molecule has 1 aliphatic carbocycles. The molecular weight excluding hydrogens is 336 g/mol. The summed E-state index contributed by atoms with van der Waals surface area (Å²) in [7, 11) is 1.58. The first kappa shape index (κ1) is 16.4. The summed E-state index contributed by atoms with van der Waals surface area (Å²) in [6.45, 7) is 3.03. The van der Waals surface area contributed by atoms with Crippen molar-refractivity contribution in [3.8, 4) is 17.4 Å². The van der Waals surface area contributed by atoms with E-state index >= 15 is 0 Å². The van der Waals surface area contributed by atoms with Crippen LogP contribution in [-0.2, 0) is 13.1 Å². The van der Waals surface area contributed by atoms with Crippen LogP contribution in [0.4, 0.5) is 0 Å². The Labute approximate surface area is 149 Å². The fraction of sp³-hybridized carbons (Fsp3) is 0.412. The van der Waals surface area contributed by atoms with Gasteiger partial charge in [-0.05, 0) is 47.9 Å². The van der Waals surface area contributed by atoms with Crippen molar-refractivity contribution < 1.29 is 9.47 Å². The van der Waals surface area contributed by atoms with Crippen LogP contribution in [0.3, 0.4) is 0 Å². The maximum absolute atomic E-state index is 12.3. The topological polar surface area (TPSA) is 89.0 Å². The van der Waals surface area contributed by atoms with Crippen molar-refractivity contribution in [3.63, 3.8) is 0 Å². The summed E-state index contributed by atoms with van der Waals surface area (Å²) in [6.07, 6.45) is 3.68. The molecule has 1 saturated carbocycles. The van der Waals surface area contributed by atoms with Gasteiger partial charge in [-0.3, -0.25) is 0 Å². The van der Waals surface area contributed by atoms with Gasteiger partial charge in [-0.1, -0.05) is 6.07 Å². The Morgan fingerprint density at radius 2 is 2.00 bits per heavy atom. The fourth-order valence-corrected chi connectivity index (χ4v) is 2.76. The Morgan fingerprint density at radius 3 is 2.73 bits per heavy atom. The molecule has 0 spiro atoms. The summed E-state index contributed by atoms with van der Waals surface area (Å²) in [5.74, 6) is 1.80. The predicted molar refractivity (Wildman–Crippen MR) is 92.6 cm³/mol. The molecule has 0 bridgehead atoms. The second-order valence-electron chi connectivity index (χ2n) is 6.17. The number of methoxy groups -OCH3 is 1. The zero-order valence-corrected chi connectivity index (χ0v) is 14.7. The Hall–Kier alpha value is -3.10. The molecule has 1 fully saturated rings. The minimum atomic E-state index is -0.182. The van der Waals surface area contributed by atoms with Gasteiger partial charge in [-0.15, -0.1) is 0 Å². The molecular formula is C17H20N6O3. The maximum atomic E-state index is 12.3. The van der Waals surface area contributed by atoms with Crippen molar-refractivity contribution >= 4 is 0 Å². The van der Waals surface area contributed by atoms with E-state index in [9.17, 15) is 4.79 Å². The van der Waals surface area contributed by atoms with Crippen molar-refractivity contribution in [2.24, 2.45) is 0 Å². The molecule has 0 N–H and O–H groups in total. The van der Waals surface area contributed by atoms with Crippen molar-refractivity contribution in [2.75, 3.05) is 7.11 Å². The highest BCUT2D eigenvalue weighted by molar-refractivity contribution is 5.44. The van der Waals surface area contributed by atoms with E-state index < -0.39 is 0 Å². The standard InChI is InChI=1S/C17H20N6O3/c1-3-21-16(8-9-18-21)26-14-7-4-12(10-15(14)25-2)11-22-17(24)23(20-19-22)13-5-6-13/h4,7-10,13H,3,5-6,11H2,1-2H3. The van der Waals surface area contributed by atoms with E-state index in [1.807, 2.05) is 25.1 Å². The number of aryl methyl sites for hydroxylation is 1. The lowest BCUT2D eigenvalue weighted by molar-refractivity contribution is 0.361. The van der Waals surface area contributed by atoms with Gasteiger partial charge in [0.15, 0.2) is 11.5 Å². The number of hydrogen-bond donors (Lipinski definition) is 0. The van der Waals surface area contributed by atoms with Gasteiger partial charge >= 0.3 is 5.69 Å². The quantitative estimate of drug-likeness (QED) is 0.642. The molecule has 9 nitrogen and oxygen atoms in total. The third kappa shape index (κ3) is 3.07. The number of tetrazole rings is 1. The summed E-state index contributed by atoms with van der Waals surface area (Å²) >= 11 is 0. The number of rotatable bonds is 7. The second kappa shape index (κ2) is 6.66. The summed E-state index contributed by atoms with van der Waals surface area (Å²) in [6, 6.07) is 7.55. The van der Waals surface area contributed by atoms with Gasteiger partial charge in [0.1, 0.15) is 0 Å². The Balaban J connectivity index is 1.56. The molecule has 9 heteroatoms. The van der Waals surface area contributed by atoms with Crippen molar-refractivity contribution in [2.45, 2.75) is 38.9 Å². The zero-order chi connectivity index (χ0) is 18.1. The molecule has 0 aliphatic heterocycles. The Morgan fingerprint density at radius 1 is 1.15 bits per heavy atom. The van der Waals surface area contributed by atoms with Gasteiger partial charge in [-0.2, -0.15) is 14.5 Å². The van der Waals surface area contributed by atoms with Crippen LogP contribution in [-0.4, -0.2) is 36.7 Å². The maximum Gasteiger partial charge on any atom is 0.364 e. The van der Waals surface area contributed by atoms with Gasteiger partial charge in [0.2, 0.25) is 5.88 Å². The first-order chi connectivity index (χ1) is 12.7. The van der Waals surface area contributed by atoms with Crippen LogP contribution in [0.1, 0.15) is 31.4 Å². The molecule has 3 aromatic rings. The first-order valence-electron chi connectivity index (χ1n) is 8.58. The van der Waals surface area contributed by atoms with Crippen molar-refractivity contribution in [3.05, 3.63) is 46.5 Å². The van der Waals surface area contributed by atoms with Crippen molar-refractivity contribution in [1.29, 1.82) is 0 Å². The van der Waals surface area contributed by atoms with E-state index in [2.05, 4.69) is 15.5 Å². The molecule has 4 rings (SSSR count). The predicted octanol–water partition coefficient (Wildman–Crippen LogP) is 1.84. The third-order valence-corrected chi connectivity index (χ3v) is 4.31. The summed E-state index contributed by atoms with van der Waals surface area (Å²) in [4.78, 5) is 12.3. The smallest absolute Gasteiger partial charge is 0.364 e. The van der Waals surface area contributed by atoms with Crippen LogP contribution in [0.5, 0.6) is 17.4 Å². The summed E-state index contributed by atoms with van der Waals surface area (Å²) in [5, 5.41) is 12.1. The van der Waals surface area contributed by atoms with E-state index in [1.165, 1.54) is 9.36 Å². The number of ether oxygens (including phenoxy) is 2. The Kier molecular flexibility index (Phi) is 4.19. The van der Waals surface area contributed by atoms with Gasteiger partial charge < -0.3 is 9.47 Å². The van der Waals surface area contributed by atoms with E-state index in [-0.39, 0.29) is 11.7 Å². The van der Waals surface area contributed by atoms with Gasteiger partial charge in [0, 0.05) is 12.6 Å². The lowest BCUT2D eigenvalue weighted by Crippen LogP contribution is -2.25. The first-order valence-corrected chi connectivity index (χ1v) is 8.58. The second-order valence-corrected chi connectivity index (χ2v) is 6.17. The average molecular weight is 356 g/mol. The summed E-state index contributed by atoms with van der Waals surface area (Å²) in [5.41, 5.74) is 0.696. The normalized spacial score (nSPS) is 13.8. The van der Waals surface area contributed by atoms with Crippen LogP contribution < -0.4 is 15.2 Å². The van der Waals surface area contributed by atoms with Crippen LogP contribution in [0, 0.1) is 0 Å². The molecule has 2 aromatic heterocycles. The minimum Gasteiger partial charge on any atom is -0.493 e. The molecule has 26 heavy (non-hydrogen) atoms. The Bertz CT molecular complexity index is 969. The highest BCUT2D eigenvalue weighted by Crippen LogP contribution is 2.33. The van der Waals surface area contributed by atoms with E-state index in [1.54, 1.807) is 24.1 Å². The molecule has 0 saturated heterocycles. The van der Waals surface area contributed by atoms with Gasteiger partial charge in [0.05, 0.1) is 25.9 Å². The van der Waals surface area contributed by atoms with E-state index in [4.69, 9.17) is 9.47 Å². The minimum absolute atomic E-state index is 0.182. The average Bonchev–Trinajstić information content (AvgIpc) is 3.29. The van der Waals surface area contributed by atoms with Crippen LogP contribution in [0.25, 0.3) is 0 Å². The highest BCUT2D eigenvalue weighted by atomic mass is 16.5. The zero-order valence-electron chi connectivity index (χ0n) is 14.7. The van der Waals surface area contributed by atoms with Crippen LogP contribution in [0.15, 0.2) is 35.3 Å². The summed E-state index contributed by atoms with van der Waals surface area (Å²) < 4.78 is 15.9. The molecule has 0 atom stereocenters. The number of nitrogens with zero attached hydrogens (tertiary/aromatic N) is 6. The monoisotopic (exact) mass is 356 g/mol. The lowest BCUT2D eigenvalue weighted by Gasteiger charge is -2.12. The number of aromatic nitrogens is 6. The van der Waals surface area contributed by atoms with Crippen LogP contribution in [0.2, 0.25) is 0 Å². The van der Waals surface area contributed by atoms with Crippen LogP contribution >= 0.6 is 0 Å². The fourth-order valence-electron chi connectivity index (χ4n) is 2.76. The largest absolute Gasteiger partial charge is 0.493 e. The number of benzene rings is 1. The van der Waals surface area contributed by atoms with Gasteiger partial charge in [-0.25, -0.2) is 9.48 Å². The molecule has 0 radical (unpaired) electrons. The molecule has 1 aliphatic rings. The number of hydrogen-bond acceptors (Lipinski definition) is 6. The molecule has 2 heterocycles. The SMILES string of the molecule is CCn1nccc1Oc1ccc(Cn2nnn(C3CC3)c2=O)cc1OC. The van der Waals surface area contributed by atoms with Gasteiger partial charge in [0.25, 0.3) is 0 Å². The molecule has 0 amide bonds. The van der Waals surface area contributed by atoms with Crippen molar-refractivity contribution in [1.82, 2.24) is 29.6 Å². The third-order valence-electron chi connectivity index (χ3n) is 4.31. The highest BCUT2D eigenvalue weighted by Gasteiger charge is 2.27. The molecule has 136 valence electrons. The van der Waals surface area contributed by atoms with E-state index in [0.717, 1.165) is 18.4 Å².